The van der Waals surface area contributed by atoms with Crippen molar-refractivity contribution in [1.29, 1.82) is 0 Å². The van der Waals surface area contributed by atoms with Crippen LogP contribution in [-0.2, 0) is 17.9 Å². The number of nitrogens with zero attached hydrogens (tertiary/aromatic N) is 16. The van der Waals surface area contributed by atoms with Gasteiger partial charge in [0.2, 0.25) is 17.8 Å². The van der Waals surface area contributed by atoms with Crippen molar-refractivity contribution in [3.05, 3.63) is 122 Å². The molecule has 0 saturated carbocycles. The fourth-order valence-corrected chi connectivity index (χ4v) is 9.17. The van der Waals surface area contributed by atoms with Crippen LogP contribution in [0.25, 0.3) is 55.8 Å². The van der Waals surface area contributed by atoms with Crippen LogP contribution in [-0.4, -0.2) is 140 Å². The number of amides is 1. The third-order valence-corrected chi connectivity index (χ3v) is 12.9. The molecule has 0 unspecified atom stereocenters. The Hall–Kier alpha value is -8.85. The zero-order valence-electron chi connectivity index (χ0n) is 39.1. The Morgan fingerprint density at radius 2 is 0.986 bits per heavy atom. The quantitative estimate of drug-likeness (QED) is 0.140. The molecule has 10 aromatic rings. The zero-order valence-corrected chi connectivity index (χ0v) is 39.1. The topological polar surface area (TPSA) is 231 Å². The average molecular weight is 953 g/mol. The number of carbonyl (C=O) groups excluding carboxylic acids is 1. The van der Waals surface area contributed by atoms with Crippen LogP contribution >= 0.6 is 0 Å². The summed E-state index contributed by atoms with van der Waals surface area (Å²) in [5.74, 6) is 3.03. The van der Waals surface area contributed by atoms with Crippen molar-refractivity contribution < 1.29 is 15.0 Å². The molecule has 12 rings (SSSR count). The molecule has 0 radical (unpaired) electrons. The number of imidazole rings is 2. The van der Waals surface area contributed by atoms with Crippen molar-refractivity contribution in [2.75, 3.05) is 85.0 Å². The van der Waals surface area contributed by atoms with E-state index in [-0.39, 0.29) is 17.4 Å². The van der Waals surface area contributed by atoms with E-state index in [0.29, 0.717) is 66.4 Å². The lowest BCUT2D eigenvalue weighted by molar-refractivity contribution is -0.118. The van der Waals surface area contributed by atoms with Gasteiger partial charge in [-0.25, -0.2) is 19.3 Å². The second kappa shape index (κ2) is 19.3. The normalized spacial score (nSPS) is 14.2. The maximum absolute atomic E-state index is 11.4. The van der Waals surface area contributed by atoms with Crippen molar-refractivity contribution in [3.8, 4) is 23.1 Å². The first-order chi connectivity index (χ1) is 34.8. The maximum Gasteiger partial charge on any atom is 0.229 e. The van der Waals surface area contributed by atoms with Gasteiger partial charge in [-0.3, -0.25) is 4.79 Å². The van der Waals surface area contributed by atoms with Gasteiger partial charge >= 0.3 is 0 Å². The number of hydrogen-bond acceptors (Lipinski definition) is 16. The highest BCUT2D eigenvalue weighted by molar-refractivity contribution is 5.87. The summed E-state index contributed by atoms with van der Waals surface area (Å²) in [4.78, 5) is 49.4. The number of aromatic nitrogens is 12. The third-order valence-electron chi connectivity index (χ3n) is 12.9. The van der Waals surface area contributed by atoms with Gasteiger partial charge in [0.05, 0.1) is 36.1 Å². The first-order valence-electron chi connectivity index (χ1n) is 23.6. The van der Waals surface area contributed by atoms with E-state index < -0.39 is 0 Å². The van der Waals surface area contributed by atoms with Crippen LogP contribution in [0.2, 0.25) is 0 Å². The summed E-state index contributed by atoms with van der Waals surface area (Å²) in [5.41, 5.74) is 12.7. The van der Waals surface area contributed by atoms with Crippen molar-refractivity contribution in [2.24, 2.45) is 5.73 Å². The minimum Gasteiger partial charge on any atom is -0.508 e. The molecule has 2 aliphatic rings. The summed E-state index contributed by atoms with van der Waals surface area (Å²) >= 11 is 0. The molecular formula is C50H52N18O3. The van der Waals surface area contributed by atoms with E-state index in [0.717, 1.165) is 91.2 Å². The van der Waals surface area contributed by atoms with Gasteiger partial charge in [-0.05, 0) is 60.7 Å². The molecule has 2 saturated heterocycles. The van der Waals surface area contributed by atoms with E-state index in [1.807, 2.05) is 104 Å². The number of hydrogen-bond donors (Lipinski definition) is 4. The lowest BCUT2D eigenvalue weighted by Crippen LogP contribution is -2.47. The van der Waals surface area contributed by atoms with Gasteiger partial charge in [0.25, 0.3) is 0 Å². The molecule has 360 valence electrons. The van der Waals surface area contributed by atoms with Gasteiger partial charge in [-0.15, -0.1) is 0 Å². The minimum atomic E-state index is -0.0741. The fourth-order valence-electron chi connectivity index (χ4n) is 9.17. The Labute approximate surface area is 407 Å². The van der Waals surface area contributed by atoms with Crippen LogP contribution < -0.4 is 30.7 Å². The van der Waals surface area contributed by atoms with Crippen molar-refractivity contribution in [2.45, 2.75) is 20.0 Å². The number of anilines is 4. The first kappa shape index (κ1) is 44.6. The molecule has 4 aromatic carbocycles. The molecule has 71 heavy (non-hydrogen) atoms. The number of para-hydroxylation sites is 2. The number of phenols is 2. The van der Waals surface area contributed by atoms with Crippen molar-refractivity contribution in [3.63, 3.8) is 0 Å². The molecule has 0 aliphatic carbocycles. The number of fused-ring (bicyclic) bond motifs is 4. The largest absolute Gasteiger partial charge is 0.508 e. The van der Waals surface area contributed by atoms with Crippen LogP contribution in [0, 0.1) is 0 Å². The van der Waals surface area contributed by atoms with Crippen molar-refractivity contribution in [1.82, 2.24) is 63.9 Å². The number of phenolic OH excluding ortho intramolecular Hbond substituents is 2. The van der Waals surface area contributed by atoms with E-state index in [9.17, 15) is 15.0 Å². The minimum absolute atomic E-state index is 0.0741. The van der Waals surface area contributed by atoms with Crippen LogP contribution in [0.15, 0.2) is 122 Å². The number of carbonyl (C=O) groups is 1. The van der Waals surface area contributed by atoms with E-state index in [1.54, 1.807) is 36.9 Å². The Morgan fingerprint density at radius 3 is 1.42 bits per heavy atom. The number of rotatable bonds is 11. The van der Waals surface area contributed by atoms with Crippen LogP contribution in [0.5, 0.6) is 11.5 Å². The molecule has 8 heterocycles. The standard InChI is InChI=1S/C26H27N9O2.C24H25N9O/c1-18(36)27-10-11-34-17-28-23-24(34)30-26(31-25(23)35-22-5-3-2-4-19(22)16-29-35)33-14-12-32(13-15-33)20-6-8-21(37)9-7-20;25-9-10-32-16-26-21-22(32)28-24(29-23(21)33-20-4-2-1-3-17(20)15-27-33)31-13-11-30(12-14-31)18-5-7-19(34)8-6-18/h2-9,16-17,37H,10-15H2,1H3,(H,27,36);1-8,15-16,34H,9-14,25H2. The molecule has 5 N–H and O–H groups in total. The summed E-state index contributed by atoms with van der Waals surface area (Å²) in [6, 6.07) is 30.7. The molecule has 6 aromatic heterocycles. The number of nitrogens with two attached hydrogens (primary N) is 1. The third kappa shape index (κ3) is 9.00. The highest BCUT2D eigenvalue weighted by Gasteiger charge is 2.26. The van der Waals surface area contributed by atoms with E-state index in [4.69, 9.17) is 25.7 Å². The highest BCUT2D eigenvalue weighted by Crippen LogP contribution is 2.29. The smallest absolute Gasteiger partial charge is 0.229 e. The molecule has 21 nitrogen and oxygen atoms in total. The Morgan fingerprint density at radius 1 is 0.563 bits per heavy atom. The lowest BCUT2D eigenvalue weighted by Gasteiger charge is -2.36. The first-order valence-corrected chi connectivity index (χ1v) is 23.6. The van der Waals surface area contributed by atoms with E-state index >= 15 is 0 Å². The summed E-state index contributed by atoms with van der Waals surface area (Å²) in [6.45, 7) is 9.93. The molecule has 2 fully saturated rings. The predicted molar refractivity (Wildman–Crippen MR) is 273 cm³/mol. The molecular weight excluding hydrogens is 901 g/mol. The number of benzene rings is 4. The molecule has 0 bridgehead atoms. The van der Waals surface area contributed by atoms with E-state index in [1.165, 1.54) is 6.92 Å². The van der Waals surface area contributed by atoms with Crippen LogP contribution in [0.3, 0.4) is 0 Å². The molecule has 0 atom stereocenters. The monoisotopic (exact) mass is 952 g/mol. The van der Waals surface area contributed by atoms with Crippen molar-refractivity contribution >= 4 is 73.3 Å². The summed E-state index contributed by atoms with van der Waals surface area (Å²) in [7, 11) is 0. The summed E-state index contributed by atoms with van der Waals surface area (Å²) < 4.78 is 7.58. The lowest BCUT2D eigenvalue weighted by atomic mass is 10.2. The molecule has 21 heteroatoms. The van der Waals surface area contributed by atoms with Gasteiger partial charge in [0.15, 0.2) is 34.0 Å². The summed E-state index contributed by atoms with van der Waals surface area (Å²) in [5, 5.41) is 33.3. The second-order valence-corrected chi connectivity index (χ2v) is 17.4. The van der Waals surface area contributed by atoms with Gasteiger partial charge in [0, 0.05) is 108 Å². The summed E-state index contributed by atoms with van der Waals surface area (Å²) in [6.07, 6.45) is 7.18. The SMILES string of the molecule is CC(=O)NCCn1cnc2c(-n3ncc4ccccc43)nc(N3CCN(c4ccc(O)cc4)CC3)nc21.NCCn1cnc2c(-n3ncc4ccccc43)nc(N3CCN(c4ccc(O)cc4)CC3)nc21. The van der Waals surface area contributed by atoms with Gasteiger partial charge in [-0.1, -0.05) is 36.4 Å². The molecule has 1 amide bonds. The van der Waals surface area contributed by atoms with Crippen LogP contribution in [0.1, 0.15) is 6.92 Å². The predicted octanol–water partition coefficient (Wildman–Crippen LogP) is 4.49. The second-order valence-electron chi connectivity index (χ2n) is 17.4. The zero-order chi connectivity index (χ0) is 48.4. The maximum atomic E-state index is 11.4. The molecule has 2 aliphatic heterocycles. The molecule has 0 spiro atoms. The van der Waals surface area contributed by atoms with E-state index in [2.05, 4.69) is 45.1 Å². The number of piperazine rings is 2. The fraction of sp³-hybridized carbons (Fsp3) is 0.260. The van der Waals surface area contributed by atoms with Gasteiger partial charge in [-0.2, -0.15) is 30.1 Å². The van der Waals surface area contributed by atoms with Gasteiger partial charge in [0.1, 0.15) is 11.5 Å². The Balaban J connectivity index is 0.000000155. The highest BCUT2D eigenvalue weighted by atomic mass is 16.3. The Bertz CT molecular complexity index is 3480. The van der Waals surface area contributed by atoms with Gasteiger partial charge < -0.3 is 50.0 Å². The van der Waals surface area contributed by atoms with Crippen LogP contribution in [0.4, 0.5) is 23.3 Å². The average Bonchev–Trinajstić information content (AvgIpc) is 4.23. The Kier molecular flexibility index (Phi) is 12.1. The number of nitrogens with one attached hydrogen (secondary N) is 1. The number of aromatic hydroxyl groups is 2.